The SMILES string of the molecule is CCC(C)NC(=O)CC(=O)NCc1ccccc1F. The number of nitrogens with one attached hydrogen (secondary N) is 2. The van der Waals surface area contributed by atoms with E-state index >= 15 is 0 Å². The highest BCUT2D eigenvalue weighted by Crippen LogP contribution is 2.05. The molecule has 1 unspecified atom stereocenters. The maximum atomic E-state index is 13.3. The summed E-state index contributed by atoms with van der Waals surface area (Å²) in [5, 5.41) is 5.22. The van der Waals surface area contributed by atoms with E-state index in [0.717, 1.165) is 6.42 Å². The molecule has 2 N–H and O–H groups in total. The first kappa shape index (κ1) is 15.1. The van der Waals surface area contributed by atoms with Crippen LogP contribution >= 0.6 is 0 Å². The van der Waals surface area contributed by atoms with Crippen molar-refractivity contribution in [1.82, 2.24) is 10.6 Å². The molecule has 0 aliphatic rings. The van der Waals surface area contributed by atoms with E-state index in [2.05, 4.69) is 10.6 Å². The van der Waals surface area contributed by atoms with Crippen molar-refractivity contribution in [3.05, 3.63) is 35.6 Å². The highest BCUT2D eigenvalue weighted by atomic mass is 19.1. The van der Waals surface area contributed by atoms with Gasteiger partial charge in [-0.3, -0.25) is 9.59 Å². The molecule has 0 radical (unpaired) electrons. The minimum Gasteiger partial charge on any atom is -0.353 e. The van der Waals surface area contributed by atoms with Gasteiger partial charge in [0.05, 0.1) is 0 Å². The second-order valence-electron chi connectivity index (χ2n) is 4.42. The van der Waals surface area contributed by atoms with Gasteiger partial charge in [0.2, 0.25) is 11.8 Å². The van der Waals surface area contributed by atoms with Crippen molar-refractivity contribution in [3.63, 3.8) is 0 Å². The zero-order valence-corrected chi connectivity index (χ0v) is 11.2. The molecule has 0 saturated carbocycles. The maximum Gasteiger partial charge on any atom is 0.229 e. The van der Waals surface area contributed by atoms with E-state index in [1.54, 1.807) is 18.2 Å². The summed E-state index contributed by atoms with van der Waals surface area (Å²) in [5.41, 5.74) is 0.401. The molecule has 0 saturated heterocycles. The van der Waals surface area contributed by atoms with E-state index in [-0.39, 0.29) is 30.7 Å². The number of hydrogen-bond acceptors (Lipinski definition) is 2. The largest absolute Gasteiger partial charge is 0.353 e. The molecule has 104 valence electrons. The van der Waals surface area contributed by atoms with E-state index in [0.29, 0.717) is 5.56 Å². The molecule has 0 fully saturated rings. The Labute approximate surface area is 112 Å². The van der Waals surface area contributed by atoms with Crippen LogP contribution in [-0.2, 0) is 16.1 Å². The van der Waals surface area contributed by atoms with Crippen LogP contribution in [0.3, 0.4) is 0 Å². The summed E-state index contributed by atoms with van der Waals surface area (Å²) in [6.07, 6.45) is 0.571. The predicted molar refractivity (Wildman–Crippen MR) is 70.8 cm³/mol. The third-order valence-electron chi connectivity index (χ3n) is 2.77. The molecule has 0 aliphatic heterocycles. The molecule has 0 spiro atoms. The summed E-state index contributed by atoms with van der Waals surface area (Å²) in [5.74, 6) is -1.10. The monoisotopic (exact) mass is 266 g/mol. The zero-order chi connectivity index (χ0) is 14.3. The number of rotatable bonds is 6. The van der Waals surface area contributed by atoms with E-state index < -0.39 is 5.91 Å². The van der Waals surface area contributed by atoms with Crippen molar-refractivity contribution < 1.29 is 14.0 Å². The second kappa shape index (κ2) is 7.51. The van der Waals surface area contributed by atoms with Crippen molar-refractivity contribution in [3.8, 4) is 0 Å². The van der Waals surface area contributed by atoms with Gasteiger partial charge in [0.15, 0.2) is 0 Å². The van der Waals surface area contributed by atoms with Gasteiger partial charge in [0, 0.05) is 18.2 Å². The third-order valence-corrected chi connectivity index (χ3v) is 2.77. The molecular weight excluding hydrogens is 247 g/mol. The average Bonchev–Trinajstić information content (AvgIpc) is 2.37. The van der Waals surface area contributed by atoms with Crippen molar-refractivity contribution in [1.29, 1.82) is 0 Å². The molecule has 1 atom stereocenters. The fourth-order valence-electron chi connectivity index (χ4n) is 1.47. The quantitative estimate of drug-likeness (QED) is 0.771. The third kappa shape index (κ3) is 5.50. The average molecular weight is 266 g/mol. The van der Waals surface area contributed by atoms with Gasteiger partial charge in [-0.1, -0.05) is 25.1 Å². The van der Waals surface area contributed by atoms with Crippen LogP contribution in [0.1, 0.15) is 32.3 Å². The number of benzene rings is 1. The minimum absolute atomic E-state index is 0.0480. The number of carbonyl (C=O) groups is 2. The summed E-state index contributed by atoms with van der Waals surface area (Å²) in [4.78, 5) is 23.0. The predicted octanol–water partition coefficient (Wildman–Crippen LogP) is 1.75. The minimum atomic E-state index is -0.413. The van der Waals surface area contributed by atoms with Crippen LogP contribution in [0.2, 0.25) is 0 Å². The molecule has 1 aromatic rings. The molecule has 4 nitrogen and oxygen atoms in total. The standard InChI is InChI=1S/C14H19FN2O2/c1-3-10(2)17-14(19)8-13(18)16-9-11-6-4-5-7-12(11)15/h4-7,10H,3,8-9H2,1-2H3,(H,16,18)(H,17,19). The van der Waals surface area contributed by atoms with Crippen molar-refractivity contribution in [2.75, 3.05) is 0 Å². The molecule has 0 heterocycles. The fraction of sp³-hybridized carbons (Fsp3) is 0.429. The Bertz CT molecular complexity index is 449. The van der Waals surface area contributed by atoms with E-state index in [1.807, 2.05) is 13.8 Å². The van der Waals surface area contributed by atoms with Gasteiger partial charge in [0.1, 0.15) is 12.2 Å². The maximum absolute atomic E-state index is 13.3. The summed E-state index contributed by atoms with van der Waals surface area (Å²) in [6, 6.07) is 6.25. The summed E-state index contributed by atoms with van der Waals surface area (Å²) < 4.78 is 13.3. The molecule has 19 heavy (non-hydrogen) atoms. The summed E-state index contributed by atoms with van der Waals surface area (Å²) in [6.45, 7) is 3.90. The molecule has 1 rings (SSSR count). The molecule has 0 bridgehead atoms. The van der Waals surface area contributed by atoms with E-state index in [4.69, 9.17) is 0 Å². The molecule has 0 aromatic heterocycles. The Morgan fingerprint density at radius 2 is 1.95 bits per heavy atom. The number of amides is 2. The van der Waals surface area contributed by atoms with Gasteiger partial charge < -0.3 is 10.6 Å². The van der Waals surface area contributed by atoms with Crippen LogP contribution in [0.4, 0.5) is 4.39 Å². The van der Waals surface area contributed by atoms with Gasteiger partial charge in [0.25, 0.3) is 0 Å². The van der Waals surface area contributed by atoms with Crippen LogP contribution in [0, 0.1) is 5.82 Å². The lowest BCUT2D eigenvalue weighted by Crippen LogP contribution is -2.36. The van der Waals surface area contributed by atoms with Crippen LogP contribution in [0.25, 0.3) is 0 Å². The normalized spacial score (nSPS) is 11.7. The van der Waals surface area contributed by atoms with E-state index in [1.165, 1.54) is 6.07 Å². The smallest absolute Gasteiger partial charge is 0.229 e. The lowest BCUT2D eigenvalue weighted by atomic mass is 10.2. The Balaban J connectivity index is 2.36. The molecule has 0 aliphatic carbocycles. The molecular formula is C14H19FN2O2. The Morgan fingerprint density at radius 1 is 1.26 bits per heavy atom. The first-order chi connectivity index (χ1) is 9.02. The topological polar surface area (TPSA) is 58.2 Å². The molecule has 1 aromatic carbocycles. The van der Waals surface area contributed by atoms with Gasteiger partial charge in [-0.15, -0.1) is 0 Å². The van der Waals surface area contributed by atoms with Gasteiger partial charge >= 0.3 is 0 Å². The zero-order valence-electron chi connectivity index (χ0n) is 11.2. The highest BCUT2D eigenvalue weighted by molar-refractivity contribution is 5.96. The molecule has 2 amide bonds. The van der Waals surface area contributed by atoms with Crippen LogP contribution in [0.5, 0.6) is 0 Å². The van der Waals surface area contributed by atoms with Crippen LogP contribution in [-0.4, -0.2) is 17.9 Å². The number of carbonyl (C=O) groups excluding carboxylic acids is 2. The number of hydrogen-bond donors (Lipinski definition) is 2. The highest BCUT2D eigenvalue weighted by Gasteiger charge is 2.11. The first-order valence-corrected chi connectivity index (χ1v) is 6.32. The second-order valence-corrected chi connectivity index (χ2v) is 4.42. The summed E-state index contributed by atoms with van der Waals surface area (Å²) in [7, 11) is 0. The van der Waals surface area contributed by atoms with Crippen molar-refractivity contribution in [2.45, 2.75) is 39.3 Å². The Morgan fingerprint density at radius 3 is 2.58 bits per heavy atom. The van der Waals surface area contributed by atoms with Gasteiger partial charge in [-0.2, -0.15) is 0 Å². The van der Waals surface area contributed by atoms with Crippen molar-refractivity contribution >= 4 is 11.8 Å². The van der Waals surface area contributed by atoms with Crippen LogP contribution in [0.15, 0.2) is 24.3 Å². The Hall–Kier alpha value is -1.91. The Kier molecular flexibility index (Phi) is 5.99. The lowest BCUT2D eigenvalue weighted by molar-refractivity contribution is -0.129. The fourth-order valence-corrected chi connectivity index (χ4v) is 1.47. The van der Waals surface area contributed by atoms with Crippen LogP contribution < -0.4 is 10.6 Å². The van der Waals surface area contributed by atoms with E-state index in [9.17, 15) is 14.0 Å². The van der Waals surface area contributed by atoms with Gasteiger partial charge in [-0.25, -0.2) is 4.39 Å². The summed E-state index contributed by atoms with van der Waals surface area (Å²) >= 11 is 0. The van der Waals surface area contributed by atoms with Gasteiger partial charge in [-0.05, 0) is 19.4 Å². The van der Waals surface area contributed by atoms with Crippen molar-refractivity contribution in [2.24, 2.45) is 0 Å². The first-order valence-electron chi connectivity index (χ1n) is 6.32. The number of halogens is 1. The lowest BCUT2D eigenvalue weighted by Gasteiger charge is -2.11. The molecule has 5 heteroatoms.